The third-order valence-corrected chi connectivity index (χ3v) is 6.95. The standard InChI is InChI=1S/C25H27Cl2N3O2.ClH/c1-14(31)20-13-28-23-9-4-15(16-11-21(26)25(32)22(27)12-16)10-19(23)24(20)29-17-5-7-18(8-6-17)30(2)3;/h4,9-13,17-18,32H,5-8H2,1-3H3,(H,28,29);1H. The molecule has 1 fully saturated rings. The van der Waals surface area contributed by atoms with Gasteiger partial charge >= 0.3 is 0 Å². The predicted octanol–water partition coefficient (Wildman–Crippen LogP) is 6.82. The van der Waals surface area contributed by atoms with Gasteiger partial charge in [-0.1, -0.05) is 29.3 Å². The molecule has 0 bridgehead atoms. The van der Waals surface area contributed by atoms with E-state index in [0.29, 0.717) is 17.6 Å². The van der Waals surface area contributed by atoms with E-state index in [9.17, 15) is 9.90 Å². The molecule has 33 heavy (non-hydrogen) atoms. The number of benzene rings is 2. The van der Waals surface area contributed by atoms with Gasteiger partial charge in [0.05, 0.1) is 26.8 Å². The lowest BCUT2D eigenvalue weighted by Gasteiger charge is -2.34. The van der Waals surface area contributed by atoms with Crippen LogP contribution in [-0.4, -0.2) is 47.0 Å². The number of nitrogens with zero attached hydrogens (tertiary/aromatic N) is 2. The molecule has 2 N–H and O–H groups in total. The molecule has 1 aliphatic rings. The first-order valence-electron chi connectivity index (χ1n) is 10.8. The van der Waals surface area contributed by atoms with Crippen molar-refractivity contribution in [1.82, 2.24) is 9.88 Å². The van der Waals surface area contributed by atoms with Crippen LogP contribution in [0.25, 0.3) is 22.0 Å². The van der Waals surface area contributed by atoms with Gasteiger partial charge < -0.3 is 15.3 Å². The van der Waals surface area contributed by atoms with Crippen molar-refractivity contribution in [2.75, 3.05) is 19.4 Å². The van der Waals surface area contributed by atoms with Gasteiger partial charge in [0, 0.05) is 23.7 Å². The number of hydrogen-bond donors (Lipinski definition) is 2. The first kappa shape index (κ1) is 25.6. The molecule has 1 aliphatic carbocycles. The van der Waals surface area contributed by atoms with Crippen molar-refractivity contribution in [2.24, 2.45) is 0 Å². The molecular weight excluding hydrogens is 481 g/mol. The second-order valence-corrected chi connectivity index (χ2v) is 9.55. The summed E-state index contributed by atoms with van der Waals surface area (Å²) < 4.78 is 0. The maximum Gasteiger partial charge on any atom is 0.163 e. The summed E-state index contributed by atoms with van der Waals surface area (Å²) in [6.07, 6.45) is 6.00. The minimum atomic E-state index is -0.130. The first-order chi connectivity index (χ1) is 15.2. The fourth-order valence-electron chi connectivity index (χ4n) is 4.47. The summed E-state index contributed by atoms with van der Waals surface area (Å²) in [4.78, 5) is 19.2. The molecule has 1 aromatic heterocycles. The summed E-state index contributed by atoms with van der Waals surface area (Å²) in [6, 6.07) is 10.1. The molecule has 0 saturated heterocycles. The number of halogens is 3. The molecule has 5 nitrogen and oxygen atoms in total. The highest BCUT2D eigenvalue weighted by Crippen LogP contribution is 2.38. The molecule has 0 radical (unpaired) electrons. The van der Waals surface area contributed by atoms with E-state index < -0.39 is 0 Å². The Labute approximate surface area is 210 Å². The number of phenols is 1. The van der Waals surface area contributed by atoms with Gasteiger partial charge in [-0.15, -0.1) is 12.4 Å². The van der Waals surface area contributed by atoms with Crippen molar-refractivity contribution < 1.29 is 9.90 Å². The topological polar surface area (TPSA) is 65.5 Å². The van der Waals surface area contributed by atoms with Gasteiger partial charge in [0.2, 0.25) is 0 Å². The highest BCUT2D eigenvalue weighted by molar-refractivity contribution is 6.37. The van der Waals surface area contributed by atoms with Gasteiger partial charge in [0.1, 0.15) is 0 Å². The van der Waals surface area contributed by atoms with Gasteiger partial charge in [-0.25, -0.2) is 0 Å². The van der Waals surface area contributed by atoms with Crippen molar-refractivity contribution in [2.45, 2.75) is 44.7 Å². The summed E-state index contributed by atoms with van der Waals surface area (Å²) in [7, 11) is 4.26. The van der Waals surface area contributed by atoms with Crippen LogP contribution in [0.5, 0.6) is 5.75 Å². The fourth-order valence-corrected chi connectivity index (χ4v) is 4.95. The zero-order valence-corrected chi connectivity index (χ0v) is 21.2. The Morgan fingerprint density at radius 1 is 1.06 bits per heavy atom. The first-order valence-corrected chi connectivity index (χ1v) is 11.5. The van der Waals surface area contributed by atoms with Crippen LogP contribution < -0.4 is 5.32 Å². The average Bonchev–Trinajstić information content (AvgIpc) is 2.77. The van der Waals surface area contributed by atoms with Gasteiger partial charge in [0.25, 0.3) is 0 Å². The van der Waals surface area contributed by atoms with Crippen LogP contribution >= 0.6 is 35.6 Å². The van der Waals surface area contributed by atoms with Crippen LogP contribution in [0.1, 0.15) is 43.0 Å². The van der Waals surface area contributed by atoms with Crippen molar-refractivity contribution in [3.63, 3.8) is 0 Å². The molecule has 1 saturated carbocycles. The third-order valence-electron chi connectivity index (χ3n) is 6.37. The SMILES string of the molecule is CC(=O)c1cnc2ccc(-c3cc(Cl)c(O)c(Cl)c3)cc2c1NC1CCC(N(C)C)CC1.Cl. The molecule has 2 aromatic carbocycles. The average molecular weight is 509 g/mol. The number of fused-ring (bicyclic) bond motifs is 1. The van der Waals surface area contributed by atoms with Gasteiger partial charge in [-0.3, -0.25) is 9.78 Å². The van der Waals surface area contributed by atoms with Gasteiger partial charge in [0.15, 0.2) is 11.5 Å². The smallest absolute Gasteiger partial charge is 0.163 e. The van der Waals surface area contributed by atoms with E-state index in [1.807, 2.05) is 18.2 Å². The third kappa shape index (κ3) is 5.38. The summed E-state index contributed by atoms with van der Waals surface area (Å²) in [5.74, 6) is -0.154. The number of pyridine rings is 1. The zero-order chi connectivity index (χ0) is 23.0. The molecule has 0 amide bonds. The summed E-state index contributed by atoms with van der Waals surface area (Å²) in [5.41, 5.74) is 3.88. The Hall–Kier alpha value is -2.05. The second kappa shape index (κ2) is 10.5. The molecule has 0 unspecified atom stereocenters. The maximum absolute atomic E-state index is 12.4. The summed E-state index contributed by atoms with van der Waals surface area (Å²) in [6.45, 7) is 1.57. The van der Waals surface area contributed by atoms with Crippen LogP contribution in [0.4, 0.5) is 5.69 Å². The zero-order valence-electron chi connectivity index (χ0n) is 18.9. The predicted molar refractivity (Wildman–Crippen MR) is 139 cm³/mol. The van der Waals surface area contributed by atoms with E-state index in [4.69, 9.17) is 23.2 Å². The van der Waals surface area contributed by atoms with E-state index in [-0.39, 0.29) is 34.0 Å². The lowest BCUT2D eigenvalue weighted by molar-refractivity contribution is 0.101. The lowest BCUT2D eigenvalue weighted by atomic mass is 9.90. The fraction of sp³-hybridized carbons (Fsp3) is 0.360. The van der Waals surface area contributed by atoms with Crippen LogP contribution in [0.3, 0.4) is 0 Å². The highest BCUT2D eigenvalue weighted by Gasteiger charge is 2.24. The number of aromatic hydroxyl groups is 1. The van der Waals surface area contributed by atoms with E-state index in [2.05, 4.69) is 29.3 Å². The van der Waals surface area contributed by atoms with Crippen molar-refractivity contribution in [3.05, 3.63) is 52.1 Å². The number of carbonyl (C=O) groups is 1. The number of aromatic nitrogens is 1. The van der Waals surface area contributed by atoms with Gasteiger partial charge in [-0.2, -0.15) is 0 Å². The van der Waals surface area contributed by atoms with E-state index in [0.717, 1.165) is 53.4 Å². The van der Waals surface area contributed by atoms with Gasteiger partial charge in [-0.05, 0) is 82.1 Å². The number of nitrogens with one attached hydrogen (secondary N) is 1. The lowest BCUT2D eigenvalue weighted by Crippen LogP contribution is -2.36. The molecule has 0 spiro atoms. The second-order valence-electron chi connectivity index (χ2n) is 8.74. The molecular formula is C25H28Cl3N3O2. The molecule has 0 atom stereocenters. The molecule has 4 rings (SSSR count). The van der Waals surface area contributed by atoms with Crippen LogP contribution in [0, 0.1) is 0 Å². The number of anilines is 1. The molecule has 8 heteroatoms. The van der Waals surface area contributed by atoms with Crippen LogP contribution in [-0.2, 0) is 0 Å². The summed E-state index contributed by atoms with van der Waals surface area (Å²) in [5, 5.41) is 14.8. The number of ketones is 1. The van der Waals surface area contributed by atoms with Crippen molar-refractivity contribution >= 4 is 58.0 Å². The monoisotopic (exact) mass is 507 g/mol. The van der Waals surface area contributed by atoms with E-state index >= 15 is 0 Å². The Balaban J connectivity index is 0.00000306. The number of hydrogen-bond acceptors (Lipinski definition) is 5. The van der Waals surface area contributed by atoms with E-state index in [1.54, 1.807) is 25.3 Å². The number of Topliss-reactive ketones (excluding diaryl/α,β-unsaturated/α-hetero) is 1. The highest BCUT2D eigenvalue weighted by atomic mass is 35.5. The van der Waals surface area contributed by atoms with Crippen molar-refractivity contribution in [1.29, 1.82) is 0 Å². The normalized spacial score (nSPS) is 18.2. The quantitative estimate of drug-likeness (QED) is 0.370. The maximum atomic E-state index is 12.4. The van der Waals surface area contributed by atoms with Crippen LogP contribution in [0.15, 0.2) is 36.5 Å². The summed E-state index contributed by atoms with van der Waals surface area (Å²) >= 11 is 12.3. The Morgan fingerprint density at radius 3 is 2.27 bits per heavy atom. The van der Waals surface area contributed by atoms with Crippen molar-refractivity contribution in [3.8, 4) is 16.9 Å². The minimum Gasteiger partial charge on any atom is -0.505 e. The molecule has 176 valence electrons. The van der Waals surface area contributed by atoms with Crippen LogP contribution in [0.2, 0.25) is 10.0 Å². The molecule has 0 aliphatic heterocycles. The molecule has 1 heterocycles. The number of rotatable bonds is 5. The van der Waals surface area contributed by atoms with E-state index in [1.165, 1.54) is 0 Å². The minimum absolute atomic E-state index is 0. The Bertz CT molecular complexity index is 1150. The largest absolute Gasteiger partial charge is 0.505 e. The molecule has 3 aromatic rings. The Kier molecular flexibility index (Phi) is 8.12. The number of phenolic OH excluding ortho intramolecular Hbond substituents is 1. The number of carbonyl (C=O) groups excluding carboxylic acids is 1. The Morgan fingerprint density at radius 2 is 1.70 bits per heavy atom.